The van der Waals surface area contributed by atoms with Gasteiger partial charge in [-0.15, -0.1) is 5.10 Å². The Labute approximate surface area is 164 Å². The molecule has 0 spiro atoms. The highest BCUT2D eigenvalue weighted by atomic mass is 32.2. The summed E-state index contributed by atoms with van der Waals surface area (Å²) in [6, 6.07) is 5.21. The molecule has 0 aromatic carbocycles. The Kier molecular flexibility index (Phi) is 5.11. The number of hydrogen-bond donors (Lipinski definition) is 0. The lowest BCUT2D eigenvalue weighted by Crippen LogP contribution is -2.51. The molecule has 2 saturated heterocycles. The number of sulfonamides is 1. The van der Waals surface area contributed by atoms with Gasteiger partial charge in [0.25, 0.3) is 5.56 Å². The summed E-state index contributed by atoms with van der Waals surface area (Å²) in [6.45, 7) is 8.09. The Balaban J connectivity index is 1.34. The summed E-state index contributed by atoms with van der Waals surface area (Å²) in [5.41, 5.74) is 1.76. The van der Waals surface area contributed by atoms with Gasteiger partial charge in [0.15, 0.2) is 5.82 Å². The molecule has 0 radical (unpaired) electrons. The Bertz CT molecular complexity index is 1020. The quantitative estimate of drug-likeness (QED) is 0.671. The van der Waals surface area contributed by atoms with Crippen LogP contribution in [0.5, 0.6) is 0 Å². The van der Waals surface area contributed by atoms with Crippen LogP contribution >= 0.6 is 0 Å². The van der Waals surface area contributed by atoms with Gasteiger partial charge in [-0.2, -0.15) is 5.10 Å². The summed E-state index contributed by atoms with van der Waals surface area (Å²) < 4.78 is 28.5. The van der Waals surface area contributed by atoms with Crippen molar-refractivity contribution in [1.82, 2.24) is 28.8 Å². The Morgan fingerprint density at radius 3 is 2.57 bits per heavy atom. The van der Waals surface area contributed by atoms with Gasteiger partial charge < -0.3 is 4.90 Å². The van der Waals surface area contributed by atoms with E-state index in [9.17, 15) is 13.2 Å². The lowest BCUT2D eigenvalue weighted by Gasteiger charge is -2.39. The van der Waals surface area contributed by atoms with E-state index < -0.39 is 10.0 Å². The normalized spacial score (nSPS) is 20.5. The highest BCUT2D eigenvalue weighted by Crippen LogP contribution is 2.19. The Morgan fingerprint density at radius 2 is 1.93 bits per heavy atom. The standard InChI is InChI=1S/C18H26N6O3S/c1-14-10-15(2)24(19-14)17-4-5-18(25)23(20-17)13-16-11-21(12-16)7-8-22-6-3-9-28(22,26)27/h4-5,10,16H,3,6-9,11-13H2,1-2H3. The molecule has 2 aliphatic rings. The van der Waals surface area contributed by atoms with Crippen molar-refractivity contribution in [3.63, 3.8) is 0 Å². The van der Waals surface area contributed by atoms with Crippen LogP contribution in [0.3, 0.4) is 0 Å². The first kappa shape index (κ1) is 19.3. The summed E-state index contributed by atoms with van der Waals surface area (Å²) in [5.74, 6) is 1.26. The van der Waals surface area contributed by atoms with Gasteiger partial charge in [0.1, 0.15) is 0 Å². The molecule has 28 heavy (non-hydrogen) atoms. The van der Waals surface area contributed by atoms with Crippen molar-refractivity contribution < 1.29 is 8.42 Å². The third-order valence-electron chi connectivity index (χ3n) is 5.41. The molecule has 2 aliphatic heterocycles. The number of nitrogens with zero attached hydrogens (tertiary/aromatic N) is 6. The number of rotatable bonds is 6. The van der Waals surface area contributed by atoms with Gasteiger partial charge in [-0.25, -0.2) is 22.1 Å². The van der Waals surface area contributed by atoms with Crippen LogP contribution in [-0.4, -0.2) is 75.7 Å². The van der Waals surface area contributed by atoms with E-state index in [1.165, 1.54) is 10.7 Å². The van der Waals surface area contributed by atoms with Gasteiger partial charge in [0, 0.05) is 50.4 Å². The fourth-order valence-electron chi connectivity index (χ4n) is 3.96. The average Bonchev–Trinajstić information content (AvgIpc) is 3.11. The van der Waals surface area contributed by atoms with Gasteiger partial charge in [-0.05, 0) is 32.4 Å². The molecule has 2 fully saturated rings. The molecule has 4 rings (SSSR count). The molecule has 2 aromatic rings. The topological polar surface area (TPSA) is 93.3 Å². The fraction of sp³-hybridized carbons (Fsp3) is 0.611. The zero-order valence-electron chi connectivity index (χ0n) is 16.3. The summed E-state index contributed by atoms with van der Waals surface area (Å²) in [7, 11) is -3.02. The summed E-state index contributed by atoms with van der Waals surface area (Å²) >= 11 is 0. The van der Waals surface area contributed by atoms with Gasteiger partial charge >= 0.3 is 0 Å². The molecule has 9 nitrogen and oxygen atoms in total. The minimum absolute atomic E-state index is 0.119. The summed E-state index contributed by atoms with van der Waals surface area (Å²) in [6.07, 6.45) is 0.727. The highest BCUT2D eigenvalue weighted by molar-refractivity contribution is 7.89. The first-order valence-electron chi connectivity index (χ1n) is 9.64. The van der Waals surface area contributed by atoms with Crippen molar-refractivity contribution in [2.45, 2.75) is 26.8 Å². The molecular formula is C18H26N6O3S. The van der Waals surface area contributed by atoms with E-state index in [0.717, 1.165) is 37.4 Å². The number of hydrogen-bond acceptors (Lipinski definition) is 6. The number of likely N-dealkylation sites (tertiary alicyclic amines) is 1. The summed E-state index contributed by atoms with van der Waals surface area (Å²) in [4.78, 5) is 14.4. The maximum atomic E-state index is 12.2. The SMILES string of the molecule is Cc1cc(C)n(-c2ccc(=O)n(CC3CN(CCN4CCCS4(=O)=O)C3)n2)n1. The van der Waals surface area contributed by atoms with E-state index in [-0.39, 0.29) is 11.3 Å². The molecule has 0 unspecified atom stereocenters. The van der Waals surface area contributed by atoms with Gasteiger partial charge in [-0.3, -0.25) is 4.79 Å². The van der Waals surface area contributed by atoms with Crippen LogP contribution in [0.4, 0.5) is 0 Å². The maximum absolute atomic E-state index is 12.2. The molecule has 10 heteroatoms. The molecule has 0 atom stereocenters. The smallest absolute Gasteiger partial charge is 0.266 e. The molecule has 152 valence electrons. The minimum Gasteiger partial charge on any atom is -0.301 e. The van der Waals surface area contributed by atoms with Crippen molar-refractivity contribution in [3.8, 4) is 5.82 Å². The fourth-order valence-corrected chi connectivity index (χ4v) is 5.48. The average molecular weight is 407 g/mol. The molecule has 0 bridgehead atoms. The van der Waals surface area contributed by atoms with Crippen molar-refractivity contribution in [2.24, 2.45) is 5.92 Å². The van der Waals surface area contributed by atoms with E-state index >= 15 is 0 Å². The van der Waals surface area contributed by atoms with Gasteiger partial charge in [0.2, 0.25) is 10.0 Å². The third-order valence-corrected chi connectivity index (χ3v) is 7.37. The zero-order valence-corrected chi connectivity index (χ0v) is 17.1. The monoisotopic (exact) mass is 406 g/mol. The predicted molar refractivity (Wildman–Crippen MR) is 105 cm³/mol. The van der Waals surface area contributed by atoms with Crippen LogP contribution in [0.15, 0.2) is 23.0 Å². The van der Waals surface area contributed by atoms with Crippen molar-refractivity contribution >= 4 is 10.0 Å². The molecule has 4 heterocycles. The molecule has 0 amide bonds. The van der Waals surface area contributed by atoms with Gasteiger partial charge in [-0.1, -0.05) is 0 Å². The molecule has 2 aromatic heterocycles. The van der Waals surface area contributed by atoms with E-state index in [2.05, 4.69) is 15.1 Å². The van der Waals surface area contributed by atoms with Crippen LogP contribution in [0, 0.1) is 19.8 Å². The second kappa shape index (κ2) is 7.41. The maximum Gasteiger partial charge on any atom is 0.266 e. The predicted octanol–water partition coefficient (Wildman–Crippen LogP) is 0.0131. The van der Waals surface area contributed by atoms with E-state index in [1.54, 1.807) is 15.1 Å². The number of aryl methyl sites for hydroxylation is 2. The number of aromatic nitrogens is 4. The highest BCUT2D eigenvalue weighted by Gasteiger charge is 2.31. The summed E-state index contributed by atoms with van der Waals surface area (Å²) in [5, 5.41) is 8.92. The lowest BCUT2D eigenvalue weighted by molar-refractivity contribution is 0.0801. The molecular weight excluding hydrogens is 380 g/mol. The first-order valence-corrected chi connectivity index (χ1v) is 11.2. The Morgan fingerprint density at radius 1 is 1.14 bits per heavy atom. The lowest BCUT2D eigenvalue weighted by atomic mass is 10.0. The largest absolute Gasteiger partial charge is 0.301 e. The molecule has 0 saturated carbocycles. The Hall–Kier alpha value is -2.04. The van der Waals surface area contributed by atoms with Crippen LogP contribution in [0.2, 0.25) is 0 Å². The van der Waals surface area contributed by atoms with Crippen LogP contribution < -0.4 is 5.56 Å². The molecule has 0 aliphatic carbocycles. The van der Waals surface area contributed by atoms with E-state index in [1.807, 2.05) is 19.9 Å². The minimum atomic E-state index is -3.02. The zero-order chi connectivity index (χ0) is 19.9. The van der Waals surface area contributed by atoms with Crippen LogP contribution in [0.25, 0.3) is 5.82 Å². The second-order valence-corrected chi connectivity index (χ2v) is 9.83. The van der Waals surface area contributed by atoms with Crippen molar-refractivity contribution in [1.29, 1.82) is 0 Å². The van der Waals surface area contributed by atoms with Gasteiger partial charge in [0.05, 0.1) is 18.0 Å². The third kappa shape index (κ3) is 3.89. The first-order chi connectivity index (χ1) is 13.3. The second-order valence-electron chi connectivity index (χ2n) is 7.74. The van der Waals surface area contributed by atoms with E-state index in [0.29, 0.717) is 31.4 Å². The van der Waals surface area contributed by atoms with Crippen LogP contribution in [0.1, 0.15) is 17.8 Å². The van der Waals surface area contributed by atoms with Crippen molar-refractivity contribution in [2.75, 3.05) is 38.5 Å². The van der Waals surface area contributed by atoms with Crippen LogP contribution in [-0.2, 0) is 16.6 Å². The molecule has 0 N–H and O–H groups in total. The van der Waals surface area contributed by atoms with E-state index in [4.69, 9.17) is 0 Å². The van der Waals surface area contributed by atoms with Crippen molar-refractivity contribution in [3.05, 3.63) is 39.9 Å².